The molecule has 2 aromatic rings. The van der Waals surface area contributed by atoms with E-state index < -0.39 is 5.97 Å². The first-order valence-corrected chi connectivity index (χ1v) is 3.80. The average Bonchev–Trinajstić information content (AvgIpc) is 2.71. The van der Waals surface area contributed by atoms with Gasteiger partial charge in [-0.15, -0.1) is 0 Å². The third kappa shape index (κ3) is 1.26. The lowest BCUT2D eigenvalue weighted by Gasteiger charge is -1.87. The molecule has 2 rings (SSSR count). The molecule has 0 unspecified atom stereocenters. The minimum absolute atomic E-state index is 0.0740. The third-order valence-corrected chi connectivity index (χ3v) is 1.67. The molecular weight excluding hydrogens is 188 g/mol. The molecule has 0 saturated carbocycles. The molecule has 2 aromatic heterocycles. The van der Waals surface area contributed by atoms with E-state index in [0.717, 1.165) is 5.56 Å². The van der Waals surface area contributed by atoms with Gasteiger partial charge < -0.3 is 14.0 Å². The number of furan rings is 1. The van der Waals surface area contributed by atoms with Gasteiger partial charge >= 0.3 is 5.97 Å². The van der Waals surface area contributed by atoms with Gasteiger partial charge in [-0.05, 0) is 18.1 Å². The van der Waals surface area contributed by atoms with Crippen molar-refractivity contribution in [1.29, 1.82) is 0 Å². The van der Waals surface area contributed by atoms with Crippen LogP contribution in [0.3, 0.4) is 0 Å². The van der Waals surface area contributed by atoms with Crippen molar-refractivity contribution >= 4 is 5.97 Å². The molecule has 0 aliphatic heterocycles. The van der Waals surface area contributed by atoms with Crippen LogP contribution in [-0.4, -0.2) is 21.2 Å². The number of nitrogens with zero attached hydrogens (tertiary/aromatic N) is 2. The van der Waals surface area contributed by atoms with Crippen molar-refractivity contribution in [3.05, 3.63) is 23.7 Å². The summed E-state index contributed by atoms with van der Waals surface area (Å²) in [6.07, 6.45) is 1.47. The van der Waals surface area contributed by atoms with Crippen LogP contribution >= 0.6 is 0 Å². The minimum atomic E-state index is -1.23. The van der Waals surface area contributed by atoms with Crippen LogP contribution in [-0.2, 0) is 0 Å². The van der Waals surface area contributed by atoms with Crippen molar-refractivity contribution in [1.82, 2.24) is 10.1 Å². The second kappa shape index (κ2) is 2.99. The molecule has 6 heteroatoms. The summed E-state index contributed by atoms with van der Waals surface area (Å²) in [5, 5.41) is 11.8. The van der Waals surface area contributed by atoms with Crippen molar-refractivity contribution in [2.24, 2.45) is 0 Å². The summed E-state index contributed by atoms with van der Waals surface area (Å²) in [4.78, 5) is 14.1. The third-order valence-electron chi connectivity index (χ3n) is 1.67. The van der Waals surface area contributed by atoms with Gasteiger partial charge in [-0.1, -0.05) is 0 Å². The van der Waals surface area contributed by atoms with Crippen LogP contribution in [0, 0.1) is 6.92 Å². The predicted octanol–water partition coefficient (Wildman–Crippen LogP) is 1.34. The molecule has 0 aliphatic rings. The fraction of sp³-hybridized carbons (Fsp3) is 0.125. The monoisotopic (exact) mass is 194 g/mol. The molecule has 0 saturated heterocycles. The van der Waals surface area contributed by atoms with Gasteiger partial charge in [-0.2, -0.15) is 4.98 Å². The fourth-order valence-electron chi connectivity index (χ4n) is 0.994. The van der Waals surface area contributed by atoms with Crippen LogP contribution < -0.4 is 0 Å². The molecule has 72 valence electrons. The summed E-state index contributed by atoms with van der Waals surface area (Å²) in [7, 11) is 0. The molecule has 0 aliphatic carbocycles. The molecule has 0 fully saturated rings. The number of carboxylic acid groups (broad SMARTS) is 1. The molecule has 0 atom stereocenters. The number of hydrogen-bond acceptors (Lipinski definition) is 5. The maximum absolute atomic E-state index is 10.5. The first-order chi connectivity index (χ1) is 6.68. The highest BCUT2D eigenvalue weighted by molar-refractivity contribution is 5.83. The van der Waals surface area contributed by atoms with Gasteiger partial charge in [0.05, 0.1) is 6.26 Å². The number of hydrogen-bond donors (Lipinski definition) is 1. The van der Waals surface area contributed by atoms with Gasteiger partial charge in [0.1, 0.15) is 0 Å². The summed E-state index contributed by atoms with van der Waals surface area (Å²) in [6, 6.07) is 1.72. The van der Waals surface area contributed by atoms with E-state index in [1.165, 1.54) is 6.26 Å². The SMILES string of the molecule is Cc1ccoc1-c1nc(C(=O)O)no1. The van der Waals surface area contributed by atoms with Gasteiger partial charge in [0.15, 0.2) is 5.76 Å². The summed E-state index contributed by atoms with van der Waals surface area (Å²) in [5.74, 6) is -1.14. The van der Waals surface area contributed by atoms with Crippen LogP contribution in [0.5, 0.6) is 0 Å². The molecule has 0 amide bonds. The van der Waals surface area contributed by atoms with Gasteiger partial charge in [-0.25, -0.2) is 4.79 Å². The zero-order valence-electron chi connectivity index (χ0n) is 7.22. The molecule has 2 heterocycles. The van der Waals surface area contributed by atoms with Gasteiger partial charge in [-0.3, -0.25) is 0 Å². The van der Waals surface area contributed by atoms with Crippen molar-refractivity contribution in [3.8, 4) is 11.7 Å². The van der Waals surface area contributed by atoms with Crippen LogP contribution in [0.25, 0.3) is 11.7 Å². The second-order valence-electron chi connectivity index (χ2n) is 2.66. The molecule has 1 N–H and O–H groups in total. The molecule has 0 bridgehead atoms. The zero-order valence-corrected chi connectivity index (χ0v) is 7.22. The number of carbonyl (C=O) groups is 1. The number of rotatable bonds is 2. The highest BCUT2D eigenvalue weighted by atomic mass is 16.5. The fourth-order valence-corrected chi connectivity index (χ4v) is 0.994. The number of carboxylic acids is 1. The number of aromatic nitrogens is 2. The van der Waals surface area contributed by atoms with E-state index in [1.54, 1.807) is 13.0 Å². The van der Waals surface area contributed by atoms with E-state index in [0.29, 0.717) is 5.76 Å². The van der Waals surface area contributed by atoms with E-state index in [-0.39, 0.29) is 11.7 Å². The lowest BCUT2D eigenvalue weighted by atomic mass is 10.3. The largest absolute Gasteiger partial charge is 0.475 e. The first-order valence-electron chi connectivity index (χ1n) is 3.80. The molecule has 0 spiro atoms. The lowest BCUT2D eigenvalue weighted by Crippen LogP contribution is -1.98. The lowest BCUT2D eigenvalue weighted by molar-refractivity contribution is 0.0680. The first kappa shape index (κ1) is 8.49. The normalized spacial score (nSPS) is 10.4. The molecule has 14 heavy (non-hydrogen) atoms. The summed E-state index contributed by atoms with van der Waals surface area (Å²) < 4.78 is 9.77. The smallest absolute Gasteiger partial charge is 0.377 e. The Balaban J connectivity index is 2.43. The zero-order chi connectivity index (χ0) is 10.1. The van der Waals surface area contributed by atoms with E-state index >= 15 is 0 Å². The van der Waals surface area contributed by atoms with Gasteiger partial charge in [0.2, 0.25) is 0 Å². The summed E-state index contributed by atoms with van der Waals surface area (Å²) >= 11 is 0. The Kier molecular flexibility index (Phi) is 1.81. The standard InChI is InChI=1S/C8H6N2O4/c1-4-2-3-13-5(4)7-9-6(8(11)12)10-14-7/h2-3H,1H3,(H,11,12). The Hall–Kier alpha value is -2.11. The van der Waals surface area contributed by atoms with Gasteiger partial charge in [0.25, 0.3) is 11.7 Å². The van der Waals surface area contributed by atoms with Crippen LogP contribution in [0.2, 0.25) is 0 Å². The molecule has 0 radical (unpaired) electrons. The quantitative estimate of drug-likeness (QED) is 0.775. The van der Waals surface area contributed by atoms with E-state index in [1.807, 2.05) is 0 Å². The molecule has 6 nitrogen and oxygen atoms in total. The van der Waals surface area contributed by atoms with Crippen LogP contribution in [0.4, 0.5) is 0 Å². The van der Waals surface area contributed by atoms with Gasteiger partial charge in [0, 0.05) is 5.56 Å². The Morgan fingerprint density at radius 1 is 1.57 bits per heavy atom. The second-order valence-corrected chi connectivity index (χ2v) is 2.66. The van der Waals surface area contributed by atoms with Crippen molar-refractivity contribution in [2.45, 2.75) is 6.92 Å². The highest BCUT2D eigenvalue weighted by Gasteiger charge is 2.17. The van der Waals surface area contributed by atoms with E-state index in [9.17, 15) is 4.79 Å². The maximum Gasteiger partial charge on any atom is 0.377 e. The highest BCUT2D eigenvalue weighted by Crippen LogP contribution is 2.21. The molecule has 0 aromatic carbocycles. The Morgan fingerprint density at radius 3 is 2.86 bits per heavy atom. The summed E-state index contributed by atoms with van der Waals surface area (Å²) in [5.41, 5.74) is 0.811. The van der Waals surface area contributed by atoms with Crippen molar-refractivity contribution in [2.75, 3.05) is 0 Å². The van der Waals surface area contributed by atoms with E-state index in [4.69, 9.17) is 14.0 Å². The Bertz CT molecular complexity index is 471. The van der Waals surface area contributed by atoms with Crippen LogP contribution in [0.15, 0.2) is 21.3 Å². The summed E-state index contributed by atoms with van der Waals surface area (Å²) in [6.45, 7) is 1.80. The minimum Gasteiger partial charge on any atom is -0.475 e. The average molecular weight is 194 g/mol. The van der Waals surface area contributed by atoms with Crippen molar-refractivity contribution < 1.29 is 18.8 Å². The number of aryl methyl sites for hydroxylation is 1. The number of aromatic carboxylic acids is 1. The Morgan fingerprint density at radius 2 is 2.36 bits per heavy atom. The predicted molar refractivity (Wildman–Crippen MR) is 43.7 cm³/mol. The van der Waals surface area contributed by atoms with E-state index in [2.05, 4.69) is 10.1 Å². The molecular formula is C8H6N2O4. The van der Waals surface area contributed by atoms with Crippen molar-refractivity contribution in [3.63, 3.8) is 0 Å². The Labute approximate surface area is 78.2 Å². The topological polar surface area (TPSA) is 89.4 Å². The van der Waals surface area contributed by atoms with Crippen LogP contribution in [0.1, 0.15) is 16.2 Å². The maximum atomic E-state index is 10.5.